The number of hydrogen-bond acceptors (Lipinski definition) is 3. The van der Waals surface area contributed by atoms with Crippen LogP contribution in [-0.2, 0) is 10.0 Å². The number of rotatable bonds is 3. The van der Waals surface area contributed by atoms with Crippen LogP contribution in [0.25, 0.3) is 0 Å². The molecule has 6 heteroatoms. The Kier molecular flexibility index (Phi) is 2.81. The van der Waals surface area contributed by atoms with Crippen LogP contribution in [0.3, 0.4) is 0 Å². The summed E-state index contributed by atoms with van der Waals surface area (Å²) in [4.78, 5) is 2.90. The van der Waals surface area contributed by atoms with E-state index in [4.69, 9.17) is 5.73 Å². The maximum absolute atomic E-state index is 12.0. The van der Waals surface area contributed by atoms with Crippen molar-refractivity contribution in [3.63, 3.8) is 0 Å². The molecule has 2 rings (SSSR count). The van der Waals surface area contributed by atoms with Gasteiger partial charge in [0.2, 0.25) is 0 Å². The first-order valence-corrected chi connectivity index (χ1v) is 6.50. The molecule has 0 saturated heterocycles. The van der Waals surface area contributed by atoms with Crippen molar-refractivity contribution in [2.75, 3.05) is 10.5 Å². The summed E-state index contributed by atoms with van der Waals surface area (Å²) in [6.07, 6.45) is 2.98. The zero-order valence-corrected chi connectivity index (χ0v) is 10.1. The maximum Gasteiger partial charge on any atom is 0.263 e. The molecule has 0 atom stereocenters. The second kappa shape index (κ2) is 4.14. The second-order valence-electron chi connectivity index (χ2n) is 3.67. The first-order chi connectivity index (χ1) is 8.00. The highest BCUT2D eigenvalue weighted by molar-refractivity contribution is 7.92. The van der Waals surface area contributed by atoms with Crippen molar-refractivity contribution < 1.29 is 8.42 Å². The predicted octanol–water partition coefficient (Wildman–Crippen LogP) is 1.71. The minimum absolute atomic E-state index is 0.194. The van der Waals surface area contributed by atoms with Gasteiger partial charge < -0.3 is 10.7 Å². The highest BCUT2D eigenvalue weighted by Gasteiger charge is 2.15. The van der Waals surface area contributed by atoms with E-state index in [9.17, 15) is 8.42 Å². The van der Waals surface area contributed by atoms with Crippen molar-refractivity contribution in [2.24, 2.45) is 0 Å². The van der Waals surface area contributed by atoms with Gasteiger partial charge in [-0.2, -0.15) is 0 Å². The SMILES string of the molecule is Cc1c(N)cccc1NS(=O)(=O)c1cc[nH]c1. The van der Waals surface area contributed by atoms with Crippen LogP contribution in [0.4, 0.5) is 11.4 Å². The summed E-state index contributed by atoms with van der Waals surface area (Å²) >= 11 is 0. The first kappa shape index (κ1) is 11.5. The van der Waals surface area contributed by atoms with Crippen LogP contribution in [0, 0.1) is 6.92 Å². The third-order valence-electron chi connectivity index (χ3n) is 2.50. The molecule has 0 spiro atoms. The van der Waals surface area contributed by atoms with Crippen molar-refractivity contribution in [3.05, 3.63) is 42.2 Å². The van der Waals surface area contributed by atoms with Gasteiger partial charge in [0.05, 0.1) is 5.69 Å². The van der Waals surface area contributed by atoms with E-state index in [0.29, 0.717) is 16.9 Å². The van der Waals surface area contributed by atoms with Gasteiger partial charge in [0.1, 0.15) is 4.90 Å². The highest BCUT2D eigenvalue weighted by atomic mass is 32.2. The Bertz CT molecular complexity index is 618. The third kappa shape index (κ3) is 2.26. The lowest BCUT2D eigenvalue weighted by molar-refractivity contribution is 0.601. The Hall–Kier alpha value is -1.95. The van der Waals surface area contributed by atoms with E-state index >= 15 is 0 Å². The number of hydrogen-bond donors (Lipinski definition) is 3. The molecule has 0 bridgehead atoms. The van der Waals surface area contributed by atoms with Crippen LogP contribution in [0.2, 0.25) is 0 Å². The van der Waals surface area contributed by atoms with Crippen molar-refractivity contribution in [2.45, 2.75) is 11.8 Å². The van der Waals surface area contributed by atoms with Crippen LogP contribution in [0.5, 0.6) is 0 Å². The number of aromatic amines is 1. The zero-order chi connectivity index (χ0) is 12.5. The van der Waals surface area contributed by atoms with Crippen LogP contribution in [0.1, 0.15) is 5.56 Å². The molecule has 1 heterocycles. The Labute approximate surface area is 99.7 Å². The molecule has 0 amide bonds. The lowest BCUT2D eigenvalue weighted by Crippen LogP contribution is -2.13. The van der Waals surface area contributed by atoms with Gasteiger partial charge in [0.15, 0.2) is 0 Å². The number of nitrogens with two attached hydrogens (primary N) is 1. The minimum Gasteiger partial charge on any atom is -0.398 e. The number of H-pyrrole nitrogens is 1. The largest absolute Gasteiger partial charge is 0.398 e. The molecule has 17 heavy (non-hydrogen) atoms. The van der Waals surface area contributed by atoms with Gasteiger partial charge in [0, 0.05) is 18.1 Å². The quantitative estimate of drug-likeness (QED) is 0.725. The lowest BCUT2D eigenvalue weighted by Gasteiger charge is -2.10. The van der Waals surface area contributed by atoms with Gasteiger partial charge in [0.25, 0.3) is 10.0 Å². The summed E-state index contributed by atoms with van der Waals surface area (Å²) < 4.78 is 26.4. The molecule has 0 aliphatic rings. The molecule has 0 aliphatic heterocycles. The Balaban J connectivity index is 2.37. The van der Waals surface area contributed by atoms with Gasteiger partial charge in [-0.3, -0.25) is 4.72 Å². The second-order valence-corrected chi connectivity index (χ2v) is 5.35. The molecule has 0 radical (unpaired) electrons. The average molecular weight is 251 g/mol. The fraction of sp³-hybridized carbons (Fsp3) is 0.0909. The summed E-state index contributed by atoms with van der Waals surface area (Å²) in [5, 5.41) is 0. The van der Waals surface area contributed by atoms with Crippen LogP contribution in [-0.4, -0.2) is 13.4 Å². The maximum atomic E-state index is 12.0. The summed E-state index contributed by atoms with van der Waals surface area (Å²) in [6, 6.07) is 6.60. The van der Waals surface area contributed by atoms with E-state index < -0.39 is 10.0 Å². The van der Waals surface area contributed by atoms with Gasteiger partial charge in [-0.1, -0.05) is 6.07 Å². The fourth-order valence-corrected chi connectivity index (χ4v) is 2.54. The van der Waals surface area contributed by atoms with Crippen molar-refractivity contribution in [1.82, 2.24) is 4.98 Å². The Morgan fingerprint density at radius 1 is 1.29 bits per heavy atom. The number of sulfonamides is 1. The lowest BCUT2D eigenvalue weighted by atomic mass is 10.2. The number of nitrogens with one attached hydrogen (secondary N) is 2. The molecule has 5 nitrogen and oxygen atoms in total. The molecule has 90 valence electrons. The topological polar surface area (TPSA) is 88.0 Å². The molecule has 1 aromatic carbocycles. The van der Waals surface area contributed by atoms with Crippen LogP contribution >= 0.6 is 0 Å². The van der Waals surface area contributed by atoms with Gasteiger partial charge in [-0.25, -0.2) is 8.42 Å². The Morgan fingerprint density at radius 3 is 2.71 bits per heavy atom. The van der Waals surface area contributed by atoms with Gasteiger partial charge in [-0.05, 0) is 30.7 Å². The monoisotopic (exact) mass is 251 g/mol. The zero-order valence-electron chi connectivity index (χ0n) is 9.27. The van der Waals surface area contributed by atoms with E-state index in [2.05, 4.69) is 9.71 Å². The van der Waals surface area contributed by atoms with Crippen molar-refractivity contribution in [3.8, 4) is 0 Å². The molecule has 1 aromatic heterocycles. The molecule has 2 aromatic rings. The van der Waals surface area contributed by atoms with Crippen LogP contribution < -0.4 is 10.5 Å². The van der Waals surface area contributed by atoms with Gasteiger partial charge >= 0.3 is 0 Å². The molecule has 0 fully saturated rings. The number of benzene rings is 1. The number of anilines is 2. The number of aromatic nitrogens is 1. The smallest absolute Gasteiger partial charge is 0.263 e. The summed E-state index contributed by atoms with van der Waals surface area (Å²) in [6.45, 7) is 1.77. The average Bonchev–Trinajstić information content (AvgIpc) is 2.78. The minimum atomic E-state index is -3.55. The molecular formula is C11H13N3O2S. The van der Waals surface area contributed by atoms with E-state index in [1.807, 2.05) is 0 Å². The molecular weight excluding hydrogens is 238 g/mol. The van der Waals surface area contributed by atoms with Crippen molar-refractivity contribution >= 4 is 21.4 Å². The van der Waals surface area contributed by atoms with E-state index in [1.165, 1.54) is 12.3 Å². The highest BCUT2D eigenvalue weighted by Crippen LogP contribution is 2.23. The summed E-state index contributed by atoms with van der Waals surface area (Å²) in [5.41, 5.74) is 7.48. The third-order valence-corrected chi connectivity index (χ3v) is 3.86. The normalized spacial score (nSPS) is 11.4. The molecule has 0 unspecified atom stereocenters. The molecule has 0 saturated carbocycles. The summed E-state index contributed by atoms with van der Waals surface area (Å²) in [7, 11) is -3.55. The van der Waals surface area contributed by atoms with E-state index in [-0.39, 0.29) is 4.90 Å². The van der Waals surface area contributed by atoms with E-state index in [0.717, 1.165) is 0 Å². The molecule has 4 N–H and O–H groups in total. The van der Waals surface area contributed by atoms with E-state index in [1.54, 1.807) is 31.3 Å². The van der Waals surface area contributed by atoms with Crippen molar-refractivity contribution in [1.29, 1.82) is 0 Å². The first-order valence-electron chi connectivity index (χ1n) is 5.01. The molecule has 0 aliphatic carbocycles. The van der Waals surface area contributed by atoms with Gasteiger partial charge in [-0.15, -0.1) is 0 Å². The Morgan fingerprint density at radius 2 is 2.06 bits per heavy atom. The summed E-state index contributed by atoms with van der Waals surface area (Å²) in [5.74, 6) is 0. The standard InChI is InChI=1S/C11H13N3O2S/c1-8-10(12)3-2-4-11(8)14-17(15,16)9-5-6-13-7-9/h2-7,13-14H,12H2,1H3. The predicted molar refractivity (Wildman–Crippen MR) is 67.2 cm³/mol. The fourth-order valence-electron chi connectivity index (χ4n) is 1.44. The van der Waals surface area contributed by atoms with Crippen LogP contribution in [0.15, 0.2) is 41.6 Å². The number of nitrogen functional groups attached to an aromatic ring is 1.